The summed E-state index contributed by atoms with van der Waals surface area (Å²) in [5, 5.41) is 32.8. The van der Waals surface area contributed by atoms with Gasteiger partial charge in [0.05, 0.1) is 56.7 Å². The normalized spacial score (nSPS) is 22.3. The summed E-state index contributed by atoms with van der Waals surface area (Å²) in [6, 6.07) is 30.3. The number of amides is 2. The Kier molecular flexibility index (Phi) is 11.9. The van der Waals surface area contributed by atoms with Gasteiger partial charge in [0.2, 0.25) is 5.91 Å². The van der Waals surface area contributed by atoms with Gasteiger partial charge in [0.15, 0.2) is 5.60 Å². The maximum Gasteiger partial charge on any atom is 0.269 e. The average Bonchev–Trinajstić information content (AvgIpc) is 3.92. The van der Waals surface area contributed by atoms with Crippen LogP contribution in [0, 0.1) is 16.0 Å². The summed E-state index contributed by atoms with van der Waals surface area (Å²) >= 11 is 0. The topological polar surface area (TPSA) is 153 Å². The van der Waals surface area contributed by atoms with Crippen LogP contribution in [0.15, 0.2) is 103 Å². The van der Waals surface area contributed by atoms with Crippen LogP contribution in [0.1, 0.15) is 73.8 Å². The van der Waals surface area contributed by atoms with E-state index in [2.05, 4.69) is 42.5 Å². The quantitative estimate of drug-likeness (QED) is 0.0723. The molecule has 13 nitrogen and oxygen atoms in total. The maximum atomic E-state index is 15.5. The fraction of sp³-hybridized carbons (Fsp3) is 0.404. The predicted octanol–water partition coefficient (Wildman–Crippen LogP) is 7.47. The molecule has 1 spiro atoms. The van der Waals surface area contributed by atoms with E-state index in [-0.39, 0.29) is 48.0 Å². The summed E-state index contributed by atoms with van der Waals surface area (Å²) in [4.78, 5) is 44.2. The molecule has 2 saturated heterocycles. The van der Waals surface area contributed by atoms with Crippen LogP contribution in [-0.2, 0) is 33.0 Å². The van der Waals surface area contributed by atoms with E-state index in [1.54, 1.807) is 22.8 Å². The Morgan fingerprint density at radius 2 is 1.75 bits per heavy atom. The van der Waals surface area contributed by atoms with Crippen molar-refractivity contribution in [2.24, 2.45) is 5.92 Å². The van der Waals surface area contributed by atoms with Crippen molar-refractivity contribution >= 4 is 42.1 Å². The van der Waals surface area contributed by atoms with E-state index in [0.29, 0.717) is 42.9 Å². The van der Waals surface area contributed by atoms with Gasteiger partial charge in [0.1, 0.15) is 5.75 Å². The molecular weight excluding hydrogens is 789 g/mol. The van der Waals surface area contributed by atoms with Gasteiger partial charge < -0.3 is 24.4 Å². The molecule has 2 amide bonds. The van der Waals surface area contributed by atoms with Gasteiger partial charge in [0, 0.05) is 55.0 Å². The minimum atomic E-state index is -2.53. The number of aliphatic hydroxyl groups is 1. The van der Waals surface area contributed by atoms with Gasteiger partial charge in [0.25, 0.3) is 11.6 Å². The number of nitrogens with zero attached hydrogens (tertiary/aromatic N) is 6. The molecule has 318 valence electrons. The molecule has 0 radical (unpaired) electrons. The molecule has 3 aliphatic rings. The van der Waals surface area contributed by atoms with E-state index >= 15 is 4.79 Å². The Labute approximate surface area is 357 Å². The number of rotatable bonds is 13. The average molecular weight is 843 g/mol. The van der Waals surface area contributed by atoms with Crippen molar-refractivity contribution in [3.8, 4) is 5.75 Å². The molecule has 3 aliphatic heterocycles. The summed E-state index contributed by atoms with van der Waals surface area (Å²) in [7, 11) is -0.886. The lowest BCUT2D eigenvalue weighted by Crippen LogP contribution is -2.51. The van der Waals surface area contributed by atoms with Crippen molar-refractivity contribution in [1.29, 1.82) is 0 Å². The molecule has 1 N–H and O–H groups in total. The van der Waals surface area contributed by atoms with Crippen LogP contribution in [0.2, 0.25) is 18.6 Å². The van der Waals surface area contributed by atoms with Gasteiger partial charge in [-0.05, 0) is 66.3 Å². The fourth-order valence-electron chi connectivity index (χ4n) is 10.2. The van der Waals surface area contributed by atoms with E-state index in [0.717, 1.165) is 48.2 Å². The third-order valence-electron chi connectivity index (χ3n) is 13.4. The molecule has 0 saturated carbocycles. The van der Waals surface area contributed by atoms with E-state index < -0.39 is 24.7 Å². The van der Waals surface area contributed by atoms with Crippen molar-refractivity contribution in [2.45, 2.75) is 94.8 Å². The van der Waals surface area contributed by atoms with Crippen molar-refractivity contribution in [1.82, 2.24) is 15.0 Å². The third-order valence-corrected chi connectivity index (χ3v) is 17.7. The van der Waals surface area contributed by atoms with Gasteiger partial charge in [-0.15, -0.1) is 5.10 Å². The molecular formula is C47H54N6O7Si. The van der Waals surface area contributed by atoms with E-state index in [9.17, 15) is 20.0 Å². The number of aryl methyl sites for hydroxylation is 1. The zero-order valence-electron chi connectivity index (χ0n) is 35.3. The van der Waals surface area contributed by atoms with Gasteiger partial charge in [-0.25, -0.2) is 0 Å². The van der Waals surface area contributed by atoms with Crippen LogP contribution in [0.25, 0.3) is 0 Å². The molecule has 1 unspecified atom stereocenters. The Bertz CT molecular complexity index is 2390. The number of methoxy groups -OCH3 is 1. The monoisotopic (exact) mass is 842 g/mol. The number of aromatic nitrogens is 3. The second-order valence-corrected chi connectivity index (χ2v) is 21.9. The maximum absolute atomic E-state index is 15.5. The number of carbonyl (C=O) groups excluding carboxylic acids is 2. The minimum absolute atomic E-state index is 0.103. The predicted molar refractivity (Wildman–Crippen MR) is 236 cm³/mol. The third kappa shape index (κ3) is 7.88. The zero-order chi connectivity index (χ0) is 42.9. The zero-order valence-corrected chi connectivity index (χ0v) is 36.3. The molecule has 2 fully saturated rings. The molecule has 5 atom stereocenters. The molecule has 0 bridgehead atoms. The van der Waals surface area contributed by atoms with Gasteiger partial charge in [-0.3, -0.25) is 24.4 Å². The minimum Gasteiger partial charge on any atom is -0.497 e. The number of hydrogen-bond acceptors (Lipinski definition) is 9. The standard InChI is InChI=1S/C47H54N6O7Si/c1-32-45(61(3,4)38-21-19-37(59-2)20-22-38)43(24-26-50-30-41(48-49-50)39(31-54)34-14-8-7-9-15-34)60-47(32)40-28-36(53(57)58)18-23-42(40)52(46(47)56)29-33-13-12-16-35(27-33)51-25-11-6-5-10-17-44(51)55/h7-9,12-16,18-23,27-28,30,32,39,43,45,54H,5-6,10-11,17,24-26,29,31H2,1-4H3/t32-,39?,43+,45-,47+/m0/s1. The largest absolute Gasteiger partial charge is 0.497 e. The van der Waals surface area contributed by atoms with Crippen molar-refractivity contribution in [2.75, 3.05) is 30.1 Å². The van der Waals surface area contributed by atoms with Crippen molar-refractivity contribution in [3.05, 3.63) is 136 Å². The van der Waals surface area contributed by atoms with Crippen LogP contribution in [0.3, 0.4) is 0 Å². The number of non-ortho nitro benzene ring substituents is 1. The number of ether oxygens (including phenoxy) is 2. The number of benzene rings is 4. The summed E-state index contributed by atoms with van der Waals surface area (Å²) in [6.07, 6.45) is 6.35. The fourth-order valence-corrected chi connectivity index (χ4v) is 14.2. The number of hydrogen-bond donors (Lipinski definition) is 1. The summed E-state index contributed by atoms with van der Waals surface area (Å²) < 4.78 is 14.6. The molecule has 4 heterocycles. The summed E-state index contributed by atoms with van der Waals surface area (Å²) in [5.74, 6) is -0.121. The number of nitro groups is 1. The lowest BCUT2D eigenvalue weighted by atomic mass is 9.82. The van der Waals surface area contributed by atoms with Crippen LogP contribution in [0.5, 0.6) is 5.75 Å². The smallest absolute Gasteiger partial charge is 0.269 e. The van der Waals surface area contributed by atoms with Gasteiger partial charge >= 0.3 is 0 Å². The van der Waals surface area contributed by atoms with Crippen LogP contribution in [0.4, 0.5) is 17.1 Å². The second kappa shape index (κ2) is 17.3. The summed E-state index contributed by atoms with van der Waals surface area (Å²) in [5.41, 5.74) is 2.58. The highest BCUT2D eigenvalue weighted by Crippen LogP contribution is 2.60. The lowest BCUT2D eigenvalue weighted by molar-refractivity contribution is -0.385. The SMILES string of the molecule is COc1ccc([Si](C)(C)[C@@H]2[C@@H](CCn3cc(C(CO)c4ccccc4)nn3)O[C@]3(C(=O)N(Cc4cccc(N5CCCCCCC5=O)c4)c4ccc([N+](=O)[O-])cc43)[C@H]2C)cc1. The molecule has 1 aromatic heterocycles. The van der Waals surface area contributed by atoms with E-state index in [4.69, 9.17) is 9.47 Å². The van der Waals surface area contributed by atoms with E-state index in [1.165, 1.54) is 17.3 Å². The molecule has 0 aliphatic carbocycles. The number of aliphatic hydroxyl groups excluding tert-OH is 1. The highest BCUT2D eigenvalue weighted by Gasteiger charge is 2.66. The van der Waals surface area contributed by atoms with Crippen molar-refractivity contribution < 1.29 is 29.1 Å². The Morgan fingerprint density at radius 1 is 0.984 bits per heavy atom. The molecule has 8 rings (SSSR count). The molecule has 4 aromatic carbocycles. The van der Waals surface area contributed by atoms with Gasteiger partial charge in [-0.1, -0.05) is 97.9 Å². The second-order valence-electron chi connectivity index (χ2n) is 17.2. The van der Waals surface area contributed by atoms with Crippen molar-refractivity contribution in [3.63, 3.8) is 0 Å². The molecule has 14 heteroatoms. The number of fused-ring (bicyclic) bond motifs is 2. The Hall–Kier alpha value is -5.70. The van der Waals surface area contributed by atoms with Gasteiger partial charge in [-0.2, -0.15) is 0 Å². The Morgan fingerprint density at radius 3 is 2.49 bits per heavy atom. The first-order valence-electron chi connectivity index (χ1n) is 21.3. The van der Waals surface area contributed by atoms with Crippen LogP contribution in [-0.4, -0.2) is 71.3 Å². The number of anilines is 2. The van der Waals surface area contributed by atoms with Crippen LogP contribution >= 0.6 is 0 Å². The first-order valence-corrected chi connectivity index (χ1v) is 24.4. The Balaban J connectivity index is 1.16. The molecule has 61 heavy (non-hydrogen) atoms. The highest BCUT2D eigenvalue weighted by molar-refractivity contribution is 6.91. The van der Waals surface area contributed by atoms with Crippen LogP contribution < -0.4 is 19.7 Å². The first kappa shape index (κ1) is 42.0. The number of carbonyl (C=O) groups is 2. The highest BCUT2D eigenvalue weighted by atomic mass is 28.3. The summed E-state index contributed by atoms with van der Waals surface area (Å²) in [6.45, 7) is 7.82. The molecule has 5 aromatic rings. The number of nitro benzene ring substituents is 1. The van der Waals surface area contributed by atoms with E-state index in [1.807, 2.05) is 77.8 Å². The first-order chi connectivity index (χ1) is 29.5. The lowest BCUT2D eigenvalue weighted by Gasteiger charge is -2.37.